The Balaban J connectivity index is 1.54. The molecule has 0 atom stereocenters. The fourth-order valence-corrected chi connectivity index (χ4v) is 3.69. The van der Waals surface area contributed by atoms with Crippen LogP contribution in [-0.4, -0.2) is 21.8 Å². The molecule has 1 heterocycles. The molecule has 5 heteroatoms. The third kappa shape index (κ3) is 3.68. The second-order valence-corrected chi connectivity index (χ2v) is 7.55. The number of nitrogens with zero attached hydrogens (tertiary/aromatic N) is 2. The maximum absolute atomic E-state index is 13.1. The van der Waals surface area contributed by atoms with Gasteiger partial charge in [0.2, 0.25) is 0 Å². The smallest absolute Gasteiger partial charge is 0.273 e. The molecule has 0 unspecified atom stereocenters. The second kappa shape index (κ2) is 7.00. The van der Waals surface area contributed by atoms with E-state index in [9.17, 15) is 9.18 Å². The first-order valence-corrected chi connectivity index (χ1v) is 9.56. The quantitative estimate of drug-likeness (QED) is 0.632. The van der Waals surface area contributed by atoms with E-state index in [4.69, 9.17) is 0 Å². The molecule has 2 aromatic carbocycles. The maximum atomic E-state index is 13.1. The molecule has 3 aromatic rings. The fourth-order valence-electron chi connectivity index (χ4n) is 2.89. The molecule has 3 nitrogen and oxygen atoms in total. The van der Waals surface area contributed by atoms with E-state index in [0.29, 0.717) is 12.2 Å². The molecule has 1 saturated carbocycles. The minimum Gasteiger partial charge on any atom is -0.330 e. The van der Waals surface area contributed by atoms with Crippen molar-refractivity contribution in [2.75, 3.05) is 0 Å². The Morgan fingerprint density at radius 2 is 1.85 bits per heavy atom. The lowest BCUT2D eigenvalue weighted by atomic mass is 10.2. The summed E-state index contributed by atoms with van der Waals surface area (Å²) in [6, 6.07) is 14.7. The Labute approximate surface area is 156 Å². The highest BCUT2D eigenvalue weighted by molar-refractivity contribution is 7.13. The third-order valence-corrected chi connectivity index (χ3v) is 5.43. The normalized spacial score (nSPS) is 13.6. The third-order valence-electron chi connectivity index (χ3n) is 4.54. The summed E-state index contributed by atoms with van der Waals surface area (Å²) in [6.45, 7) is 2.53. The van der Waals surface area contributed by atoms with Gasteiger partial charge in [-0.05, 0) is 37.5 Å². The summed E-state index contributed by atoms with van der Waals surface area (Å²) in [5, 5.41) is 2.68. The van der Waals surface area contributed by atoms with Crippen molar-refractivity contribution in [3.05, 3.63) is 76.5 Å². The summed E-state index contributed by atoms with van der Waals surface area (Å²) in [5.74, 6) is -0.313. The van der Waals surface area contributed by atoms with Crippen molar-refractivity contribution in [3.8, 4) is 10.6 Å². The van der Waals surface area contributed by atoms with Crippen LogP contribution < -0.4 is 0 Å². The summed E-state index contributed by atoms with van der Waals surface area (Å²) in [5.41, 5.74) is 3.64. The van der Waals surface area contributed by atoms with Crippen LogP contribution in [0.3, 0.4) is 0 Å². The lowest BCUT2D eigenvalue weighted by molar-refractivity contribution is 0.0725. The van der Waals surface area contributed by atoms with Gasteiger partial charge in [0.25, 0.3) is 5.91 Å². The number of hydrogen-bond donors (Lipinski definition) is 0. The molecule has 1 fully saturated rings. The molecule has 1 aromatic heterocycles. The van der Waals surface area contributed by atoms with Gasteiger partial charge in [0.05, 0.1) is 0 Å². The number of aryl methyl sites for hydroxylation is 1. The van der Waals surface area contributed by atoms with E-state index >= 15 is 0 Å². The molecule has 1 aliphatic rings. The Bertz CT molecular complexity index is 914. The SMILES string of the molecule is Cc1ccc(-c2nc(C(=O)N(Cc3ccc(F)cc3)C3CC3)cs2)cc1. The standard InChI is InChI=1S/C21H19FN2OS/c1-14-2-6-16(7-3-14)20-23-19(13-26-20)21(25)24(18-10-11-18)12-15-4-8-17(22)9-5-15/h2-9,13,18H,10-12H2,1H3. The molecule has 0 aliphatic heterocycles. The minimum atomic E-state index is -0.264. The van der Waals surface area contributed by atoms with Crippen molar-refractivity contribution in [1.29, 1.82) is 0 Å². The van der Waals surface area contributed by atoms with Crippen LogP contribution in [0.15, 0.2) is 53.9 Å². The topological polar surface area (TPSA) is 33.2 Å². The van der Waals surface area contributed by atoms with Crippen LogP contribution in [0, 0.1) is 12.7 Å². The zero-order chi connectivity index (χ0) is 18.1. The molecule has 1 aliphatic carbocycles. The van der Waals surface area contributed by atoms with Gasteiger partial charge in [0.1, 0.15) is 16.5 Å². The van der Waals surface area contributed by atoms with Crippen molar-refractivity contribution in [3.63, 3.8) is 0 Å². The summed E-state index contributed by atoms with van der Waals surface area (Å²) >= 11 is 1.49. The molecule has 1 amide bonds. The van der Waals surface area contributed by atoms with Gasteiger partial charge in [-0.25, -0.2) is 9.37 Å². The average molecular weight is 366 g/mol. The van der Waals surface area contributed by atoms with Crippen LogP contribution in [-0.2, 0) is 6.54 Å². The number of carbonyl (C=O) groups is 1. The first-order chi connectivity index (χ1) is 12.6. The number of aromatic nitrogens is 1. The Kier molecular flexibility index (Phi) is 4.55. The lowest BCUT2D eigenvalue weighted by Gasteiger charge is -2.21. The van der Waals surface area contributed by atoms with E-state index in [1.807, 2.05) is 41.5 Å². The number of thiazole rings is 1. The second-order valence-electron chi connectivity index (χ2n) is 6.69. The Hall–Kier alpha value is -2.53. The van der Waals surface area contributed by atoms with E-state index < -0.39 is 0 Å². The fraction of sp³-hybridized carbons (Fsp3) is 0.238. The first kappa shape index (κ1) is 16.9. The highest BCUT2D eigenvalue weighted by Gasteiger charge is 2.34. The molecule has 0 N–H and O–H groups in total. The van der Waals surface area contributed by atoms with Crippen molar-refractivity contribution >= 4 is 17.2 Å². The van der Waals surface area contributed by atoms with Gasteiger partial charge in [-0.3, -0.25) is 4.79 Å². The summed E-state index contributed by atoms with van der Waals surface area (Å²) < 4.78 is 13.1. The molecule has 0 bridgehead atoms. The molecule has 0 radical (unpaired) electrons. The van der Waals surface area contributed by atoms with Gasteiger partial charge >= 0.3 is 0 Å². The van der Waals surface area contributed by atoms with Crippen LogP contribution in [0.2, 0.25) is 0 Å². The predicted molar refractivity (Wildman–Crippen MR) is 102 cm³/mol. The summed E-state index contributed by atoms with van der Waals surface area (Å²) in [4.78, 5) is 19.4. The zero-order valence-electron chi connectivity index (χ0n) is 14.5. The average Bonchev–Trinajstić information content (AvgIpc) is 3.37. The minimum absolute atomic E-state index is 0.0496. The molecule has 4 rings (SSSR count). The number of benzene rings is 2. The van der Waals surface area contributed by atoms with Gasteiger partial charge in [0, 0.05) is 23.5 Å². The van der Waals surface area contributed by atoms with Crippen molar-refractivity contribution in [2.24, 2.45) is 0 Å². The monoisotopic (exact) mass is 366 g/mol. The maximum Gasteiger partial charge on any atom is 0.273 e. The largest absolute Gasteiger partial charge is 0.330 e. The van der Waals surface area contributed by atoms with Crippen molar-refractivity contribution < 1.29 is 9.18 Å². The van der Waals surface area contributed by atoms with Gasteiger partial charge in [-0.15, -0.1) is 11.3 Å². The number of amides is 1. The first-order valence-electron chi connectivity index (χ1n) is 8.68. The molecule has 0 saturated heterocycles. The van der Waals surface area contributed by atoms with Crippen LogP contribution in [0.1, 0.15) is 34.5 Å². The van der Waals surface area contributed by atoms with Gasteiger partial charge in [-0.2, -0.15) is 0 Å². The van der Waals surface area contributed by atoms with Crippen molar-refractivity contribution in [1.82, 2.24) is 9.88 Å². The van der Waals surface area contributed by atoms with E-state index in [1.165, 1.54) is 29.0 Å². The van der Waals surface area contributed by atoms with Crippen molar-refractivity contribution in [2.45, 2.75) is 32.4 Å². The Morgan fingerprint density at radius 3 is 2.50 bits per heavy atom. The number of carbonyl (C=O) groups excluding carboxylic acids is 1. The zero-order valence-corrected chi connectivity index (χ0v) is 15.3. The van der Waals surface area contributed by atoms with E-state index in [2.05, 4.69) is 4.98 Å². The van der Waals surface area contributed by atoms with Gasteiger partial charge in [0.15, 0.2) is 0 Å². The summed E-state index contributed by atoms with van der Waals surface area (Å²) in [7, 11) is 0. The van der Waals surface area contributed by atoms with Crippen LogP contribution in [0.5, 0.6) is 0 Å². The molecule has 132 valence electrons. The number of hydrogen-bond acceptors (Lipinski definition) is 3. The Morgan fingerprint density at radius 1 is 1.15 bits per heavy atom. The highest BCUT2D eigenvalue weighted by atomic mass is 32.1. The van der Waals surface area contributed by atoms with Gasteiger partial charge < -0.3 is 4.90 Å². The predicted octanol–water partition coefficient (Wildman–Crippen LogP) is 5.06. The van der Waals surface area contributed by atoms with E-state index in [-0.39, 0.29) is 17.8 Å². The van der Waals surface area contributed by atoms with Crippen LogP contribution in [0.4, 0.5) is 4.39 Å². The molecule has 26 heavy (non-hydrogen) atoms. The number of rotatable bonds is 5. The van der Waals surface area contributed by atoms with Gasteiger partial charge in [-0.1, -0.05) is 42.0 Å². The highest BCUT2D eigenvalue weighted by Crippen LogP contribution is 2.31. The lowest BCUT2D eigenvalue weighted by Crippen LogP contribution is -2.32. The van der Waals surface area contributed by atoms with E-state index in [1.54, 1.807) is 12.1 Å². The number of halogens is 1. The van der Waals surface area contributed by atoms with Crippen LogP contribution >= 0.6 is 11.3 Å². The van der Waals surface area contributed by atoms with Crippen LogP contribution in [0.25, 0.3) is 10.6 Å². The molecular weight excluding hydrogens is 347 g/mol. The summed E-state index contributed by atoms with van der Waals surface area (Å²) in [6.07, 6.45) is 2.03. The van der Waals surface area contributed by atoms with E-state index in [0.717, 1.165) is 29.0 Å². The molecular formula is C21H19FN2OS. The molecule has 0 spiro atoms.